The molecule has 2 aromatic carbocycles. The van der Waals surface area contributed by atoms with Gasteiger partial charge in [0, 0.05) is 17.1 Å². The largest absolute Gasteiger partial charge is 0.493 e. The minimum absolute atomic E-state index is 0.0513. The first-order valence-corrected chi connectivity index (χ1v) is 9.94. The molecule has 3 rings (SSSR count). The quantitative estimate of drug-likeness (QED) is 0.778. The number of rotatable bonds is 7. The van der Waals surface area contributed by atoms with Gasteiger partial charge < -0.3 is 19.5 Å². The highest BCUT2D eigenvalue weighted by Gasteiger charge is 2.22. The van der Waals surface area contributed by atoms with Gasteiger partial charge in [0.05, 0.1) is 27.4 Å². The van der Waals surface area contributed by atoms with Crippen LogP contribution in [0.4, 0.5) is 0 Å². The molecule has 2 aromatic rings. The topological polar surface area (TPSA) is 56.8 Å². The van der Waals surface area contributed by atoms with Crippen LogP contribution in [-0.4, -0.2) is 33.0 Å². The Morgan fingerprint density at radius 3 is 2.48 bits per heavy atom. The Morgan fingerprint density at radius 1 is 1.11 bits per heavy atom. The molecule has 1 amide bonds. The highest BCUT2D eigenvalue weighted by molar-refractivity contribution is 7.99. The van der Waals surface area contributed by atoms with Gasteiger partial charge in [0.15, 0.2) is 11.5 Å². The van der Waals surface area contributed by atoms with Crippen LogP contribution in [0, 0.1) is 0 Å². The number of thioether (sulfide) groups is 1. The number of ether oxygens (including phenoxy) is 3. The molecule has 0 bridgehead atoms. The zero-order valence-corrected chi connectivity index (χ0v) is 16.7. The first-order valence-electron chi connectivity index (χ1n) is 8.96. The van der Waals surface area contributed by atoms with Crippen molar-refractivity contribution in [2.75, 3.05) is 27.1 Å². The fourth-order valence-electron chi connectivity index (χ4n) is 3.30. The molecule has 1 N–H and O–H groups in total. The maximum atomic E-state index is 12.5. The number of benzene rings is 2. The second-order valence-corrected chi connectivity index (χ2v) is 7.47. The van der Waals surface area contributed by atoms with Gasteiger partial charge in [-0.3, -0.25) is 4.79 Å². The number of hydrogen-bond donors (Lipinski definition) is 1. The van der Waals surface area contributed by atoms with Gasteiger partial charge >= 0.3 is 0 Å². The number of nitrogens with one attached hydrogen (secondary N) is 1. The molecular formula is C21H25NO4S. The number of hydrogen-bond acceptors (Lipinski definition) is 5. The third kappa shape index (κ3) is 4.50. The number of carbonyl (C=O) groups excluding carboxylic acids is 1. The molecular weight excluding hydrogens is 362 g/mol. The van der Waals surface area contributed by atoms with Crippen LogP contribution in [0.25, 0.3) is 0 Å². The number of carbonyl (C=O) groups is 1. The summed E-state index contributed by atoms with van der Waals surface area (Å²) in [5.41, 5.74) is 2.19. The van der Waals surface area contributed by atoms with Crippen LogP contribution in [0.2, 0.25) is 0 Å². The van der Waals surface area contributed by atoms with Crippen molar-refractivity contribution >= 4 is 17.7 Å². The number of fused-ring (bicyclic) bond motifs is 1. The smallest absolute Gasteiger partial charge is 0.220 e. The van der Waals surface area contributed by atoms with Gasteiger partial charge in [-0.25, -0.2) is 0 Å². The maximum Gasteiger partial charge on any atom is 0.220 e. The van der Waals surface area contributed by atoms with Crippen LogP contribution in [0.3, 0.4) is 0 Å². The summed E-state index contributed by atoms with van der Waals surface area (Å²) < 4.78 is 16.1. The van der Waals surface area contributed by atoms with Crippen molar-refractivity contribution in [3.8, 4) is 17.2 Å². The second-order valence-electron chi connectivity index (χ2n) is 6.33. The molecule has 0 unspecified atom stereocenters. The molecule has 1 aliphatic rings. The van der Waals surface area contributed by atoms with Crippen molar-refractivity contribution in [3.63, 3.8) is 0 Å². The molecule has 1 atom stereocenters. The summed E-state index contributed by atoms with van der Waals surface area (Å²) in [4.78, 5) is 13.8. The highest BCUT2D eigenvalue weighted by Crippen LogP contribution is 2.39. The first kappa shape index (κ1) is 19.4. The Labute approximate surface area is 164 Å². The molecule has 0 fully saturated rings. The Kier molecular flexibility index (Phi) is 6.50. The van der Waals surface area contributed by atoms with Gasteiger partial charge in [0.25, 0.3) is 0 Å². The van der Waals surface area contributed by atoms with E-state index in [2.05, 4.69) is 17.4 Å². The van der Waals surface area contributed by atoms with Crippen LogP contribution >= 0.6 is 11.8 Å². The second kappa shape index (κ2) is 9.04. The van der Waals surface area contributed by atoms with Gasteiger partial charge in [-0.2, -0.15) is 0 Å². The molecule has 0 radical (unpaired) electrons. The van der Waals surface area contributed by atoms with E-state index in [0.717, 1.165) is 17.7 Å². The predicted octanol–water partition coefficient (Wildman–Crippen LogP) is 4.00. The summed E-state index contributed by atoms with van der Waals surface area (Å²) in [6.07, 6.45) is 1.97. The van der Waals surface area contributed by atoms with Crippen LogP contribution in [0.15, 0.2) is 41.3 Å². The van der Waals surface area contributed by atoms with Gasteiger partial charge in [-0.1, -0.05) is 18.2 Å². The normalized spacial score (nSPS) is 15.6. The minimum atomic E-state index is 0.0513. The zero-order chi connectivity index (χ0) is 19.2. The minimum Gasteiger partial charge on any atom is -0.493 e. The lowest BCUT2D eigenvalue weighted by Gasteiger charge is -2.26. The van der Waals surface area contributed by atoms with E-state index in [4.69, 9.17) is 14.2 Å². The van der Waals surface area contributed by atoms with Crippen LogP contribution in [-0.2, 0) is 11.2 Å². The summed E-state index contributed by atoms with van der Waals surface area (Å²) in [5, 5.41) is 3.19. The van der Waals surface area contributed by atoms with E-state index in [1.807, 2.05) is 36.0 Å². The number of aryl methyl sites for hydroxylation is 1. The summed E-state index contributed by atoms with van der Waals surface area (Å²) in [6, 6.07) is 12.2. The lowest BCUT2D eigenvalue weighted by atomic mass is 10.0. The van der Waals surface area contributed by atoms with E-state index in [1.165, 1.54) is 10.5 Å². The van der Waals surface area contributed by atoms with Crippen molar-refractivity contribution in [1.29, 1.82) is 0 Å². The first-order chi connectivity index (χ1) is 13.2. The average molecular weight is 388 g/mol. The lowest BCUT2D eigenvalue weighted by molar-refractivity contribution is -0.121. The zero-order valence-electron chi connectivity index (χ0n) is 15.9. The fourth-order valence-corrected chi connectivity index (χ4v) is 4.42. The Bertz CT molecular complexity index is 784. The van der Waals surface area contributed by atoms with E-state index in [9.17, 15) is 4.79 Å². The maximum absolute atomic E-state index is 12.5. The van der Waals surface area contributed by atoms with E-state index in [0.29, 0.717) is 30.1 Å². The van der Waals surface area contributed by atoms with E-state index >= 15 is 0 Å². The average Bonchev–Trinajstić information content (AvgIpc) is 2.71. The summed E-state index contributed by atoms with van der Waals surface area (Å²) >= 11 is 1.85. The van der Waals surface area contributed by atoms with Gasteiger partial charge in [0.1, 0.15) is 0 Å². The molecule has 1 heterocycles. The molecule has 144 valence electrons. The van der Waals surface area contributed by atoms with Crippen molar-refractivity contribution in [3.05, 3.63) is 47.5 Å². The molecule has 0 aliphatic carbocycles. The van der Waals surface area contributed by atoms with E-state index in [-0.39, 0.29) is 11.9 Å². The third-order valence-electron chi connectivity index (χ3n) is 4.66. The summed E-state index contributed by atoms with van der Waals surface area (Å²) in [5.74, 6) is 2.84. The van der Waals surface area contributed by atoms with Crippen LogP contribution < -0.4 is 19.5 Å². The fraction of sp³-hybridized carbons (Fsp3) is 0.381. The standard InChI is InChI=1S/C21H25NO4S/c1-24-17-12-14(13-18(25-2)21(17)26-3)8-9-20(23)22-16-10-11-27-19-7-5-4-6-15(16)19/h4-7,12-13,16H,8-11H2,1-3H3,(H,22,23)/t16-/m1/s1. The van der Waals surface area contributed by atoms with Crippen molar-refractivity contribution < 1.29 is 19.0 Å². The van der Waals surface area contributed by atoms with Crippen molar-refractivity contribution in [1.82, 2.24) is 5.32 Å². The molecule has 0 aromatic heterocycles. The SMILES string of the molecule is COc1cc(CCC(=O)N[C@@H]2CCSc3ccccc32)cc(OC)c1OC. The Balaban J connectivity index is 1.65. The molecule has 1 aliphatic heterocycles. The Hall–Kier alpha value is -2.34. The van der Waals surface area contributed by atoms with Crippen molar-refractivity contribution in [2.45, 2.75) is 30.2 Å². The van der Waals surface area contributed by atoms with E-state index in [1.54, 1.807) is 21.3 Å². The molecule has 0 saturated heterocycles. The molecule has 0 spiro atoms. The Morgan fingerprint density at radius 2 is 1.81 bits per heavy atom. The van der Waals surface area contributed by atoms with Crippen LogP contribution in [0.5, 0.6) is 17.2 Å². The molecule has 6 heteroatoms. The summed E-state index contributed by atoms with van der Waals surface area (Å²) in [7, 11) is 4.76. The highest BCUT2D eigenvalue weighted by atomic mass is 32.2. The number of methoxy groups -OCH3 is 3. The van der Waals surface area contributed by atoms with Gasteiger partial charge in [-0.15, -0.1) is 11.8 Å². The third-order valence-corrected chi connectivity index (χ3v) is 5.78. The molecule has 5 nitrogen and oxygen atoms in total. The predicted molar refractivity (Wildman–Crippen MR) is 107 cm³/mol. The summed E-state index contributed by atoms with van der Waals surface area (Å²) in [6.45, 7) is 0. The monoisotopic (exact) mass is 387 g/mol. The molecule has 0 saturated carbocycles. The van der Waals surface area contributed by atoms with Crippen LogP contribution in [0.1, 0.15) is 30.0 Å². The van der Waals surface area contributed by atoms with Crippen molar-refractivity contribution in [2.24, 2.45) is 0 Å². The van der Waals surface area contributed by atoms with E-state index < -0.39 is 0 Å². The van der Waals surface area contributed by atoms with Gasteiger partial charge in [0.2, 0.25) is 11.7 Å². The molecule has 27 heavy (non-hydrogen) atoms. The lowest BCUT2D eigenvalue weighted by Crippen LogP contribution is -2.30. The number of amides is 1. The van der Waals surface area contributed by atoms with Gasteiger partial charge in [-0.05, 0) is 42.2 Å².